The number of benzene rings is 2. The van der Waals surface area contributed by atoms with Crippen LogP contribution in [0.3, 0.4) is 0 Å². The standard InChI is InChI=1S/C29H35N3O2/c1-18-21-6-4-7-22(18)14-19(13-21)15-28(33)30-24-10-12-26-23(16-24)17-34-29(31-26)32-27-11-9-20-5-2-3-8-25(20)27/h2-3,5,8,10,12,16,18-19,21-22,27H,4,6-7,9,11,13-15,17H2,1H3,(H,30,33)(H,31,32)/t18?,19?,21?,22?,27-/m1/s1. The van der Waals surface area contributed by atoms with E-state index in [4.69, 9.17) is 9.73 Å². The van der Waals surface area contributed by atoms with Gasteiger partial charge >= 0.3 is 0 Å². The second-order valence-electron chi connectivity index (χ2n) is 10.9. The maximum absolute atomic E-state index is 12.8. The SMILES string of the molecule is CC1C2CCCC1CC(CC(=O)Nc1ccc3c(c1)COC(=N[C@@H]1CCc4ccccc41)N3)C2. The summed E-state index contributed by atoms with van der Waals surface area (Å²) in [4.78, 5) is 17.7. The summed E-state index contributed by atoms with van der Waals surface area (Å²) >= 11 is 0. The number of aliphatic imine (C=N–C) groups is 1. The third kappa shape index (κ3) is 4.33. The summed E-state index contributed by atoms with van der Waals surface area (Å²) in [6, 6.07) is 15.3. The molecule has 6 rings (SSSR count). The van der Waals surface area contributed by atoms with Gasteiger partial charge < -0.3 is 15.4 Å². The molecule has 2 N–H and O–H groups in total. The normalized spacial score (nSPS) is 30.6. The number of amides is 1. The van der Waals surface area contributed by atoms with Crippen molar-refractivity contribution in [2.45, 2.75) is 70.9 Å². The number of hydrogen-bond donors (Lipinski definition) is 2. The quantitative estimate of drug-likeness (QED) is 0.554. The highest BCUT2D eigenvalue weighted by Gasteiger charge is 2.38. The van der Waals surface area contributed by atoms with Crippen molar-refractivity contribution in [3.8, 4) is 0 Å². The monoisotopic (exact) mass is 457 g/mol. The minimum atomic E-state index is 0.143. The van der Waals surface area contributed by atoms with Gasteiger partial charge in [0.25, 0.3) is 6.02 Å². The molecule has 4 aliphatic rings. The maximum atomic E-state index is 12.8. The Morgan fingerprint density at radius 3 is 2.76 bits per heavy atom. The van der Waals surface area contributed by atoms with Gasteiger partial charge in [0.05, 0.1) is 6.04 Å². The lowest BCUT2D eigenvalue weighted by Gasteiger charge is -2.44. The fraction of sp³-hybridized carbons (Fsp3) is 0.517. The molecule has 0 spiro atoms. The number of amidine groups is 1. The molecule has 0 saturated heterocycles. The highest BCUT2D eigenvalue weighted by atomic mass is 16.5. The van der Waals surface area contributed by atoms with Crippen LogP contribution in [-0.4, -0.2) is 11.9 Å². The summed E-state index contributed by atoms with van der Waals surface area (Å²) < 4.78 is 5.94. The highest BCUT2D eigenvalue weighted by molar-refractivity contribution is 5.94. The van der Waals surface area contributed by atoms with E-state index in [0.29, 0.717) is 25.0 Å². The van der Waals surface area contributed by atoms with E-state index < -0.39 is 0 Å². The molecule has 2 aromatic carbocycles. The second kappa shape index (κ2) is 9.09. The van der Waals surface area contributed by atoms with Crippen molar-refractivity contribution < 1.29 is 9.53 Å². The van der Waals surface area contributed by atoms with Crippen LogP contribution in [0.4, 0.5) is 11.4 Å². The number of ether oxygens (including phenoxy) is 1. The summed E-state index contributed by atoms with van der Waals surface area (Å²) in [5.74, 6) is 3.17. The number of hydrogen-bond acceptors (Lipinski definition) is 3. The lowest BCUT2D eigenvalue weighted by atomic mass is 9.61. The molecule has 0 aromatic heterocycles. The van der Waals surface area contributed by atoms with Gasteiger partial charge in [-0.05, 0) is 78.7 Å². The maximum Gasteiger partial charge on any atom is 0.290 e. The molecule has 2 aromatic rings. The van der Waals surface area contributed by atoms with E-state index in [9.17, 15) is 4.79 Å². The summed E-state index contributed by atoms with van der Waals surface area (Å²) in [6.07, 6.45) is 9.26. The minimum absolute atomic E-state index is 0.143. The van der Waals surface area contributed by atoms with Crippen molar-refractivity contribution in [1.82, 2.24) is 0 Å². The first-order valence-corrected chi connectivity index (χ1v) is 13.1. The van der Waals surface area contributed by atoms with E-state index in [1.807, 2.05) is 18.2 Å². The second-order valence-corrected chi connectivity index (χ2v) is 10.9. The van der Waals surface area contributed by atoms with E-state index in [1.165, 1.54) is 43.2 Å². The Kier molecular flexibility index (Phi) is 5.80. The fourth-order valence-corrected chi connectivity index (χ4v) is 6.90. The molecule has 3 aliphatic carbocycles. The molecule has 2 fully saturated rings. The number of anilines is 2. The number of nitrogens with one attached hydrogen (secondary N) is 2. The minimum Gasteiger partial charge on any atom is -0.460 e. The molecule has 3 atom stereocenters. The number of aryl methyl sites for hydroxylation is 1. The van der Waals surface area contributed by atoms with Gasteiger partial charge in [-0.1, -0.05) is 50.5 Å². The van der Waals surface area contributed by atoms with Crippen LogP contribution in [0.25, 0.3) is 0 Å². The van der Waals surface area contributed by atoms with Gasteiger partial charge in [-0.25, -0.2) is 4.99 Å². The van der Waals surface area contributed by atoms with Gasteiger partial charge in [-0.2, -0.15) is 0 Å². The van der Waals surface area contributed by atoms with Crippen LogP contribution in [0, 0.1) is 23.7 Å². The van der Waals surface area contributed by atoms with Crippen LogP contribution in [0.1, 0.15) is 74.6 Å². The lowest BCUT2D eigenvalue weighted by molar-refractivity contribution is -0.117. The van der Waals surface area contributed by atoms with Gasteiger partial charge in [-0.15, -0.1) is 0 Å². The lowest BCUT2D eigenvalue weighted by Crippen LogP contribution is -2.35. The zero-order valence-corrected chi connectivity index (χ0v) is 20.1. The Morgan fingerprint density at radius 2 is 1.91 bits per heavy atom. The molecule has 1 aliphatic heterocycles. The third-order valence-corrected chi connectivity index (χ3v) is 8.75. The van der Waals surface area contributed by atoms with Gasteiger partial charge in [-0.3, -0.25) is 4.79 Å². The Labute approximate surface area is 202 Å². The van der Waals surface area contributed by atoms with Gasteiger partial charge in [0, 0.05) is 23.4 Å². The number of fused-ring (bicyclic) bond motifs is 4. The summed E-state index contributed by atoms with van der Waals surface area (Å²) in [5, 5.41) is 6.49. The van der Waals surface area contributed by atoms with Crippen LogP contribution in [-0.2, 0) is 22.6 Å². The van der Waals surface area contributed by atoms with E-state index in [0.717, 1.165) is 47.5 Å². The molecular weight excluding hydrogens is 422 g/mol. The predicted molar refractivity (Wildman–Crippen MR) is 136 cm³/mol. The molecule has 5 heteroatoms. The first-order valence-electron chi connectivity index (χ1n) is 13.1. The Hall–Kier alpha value is -2.82. The number of carbonyl (C=O) groups is 1. The van der Waals surface area contributed by atoms with Crippen LogP contribution in [0.15, 0.2) is 47.5 Å². The third-order valence-electron chi connectivity index (χ3n) is 8.75. The Bertz CT molecular complexity index is 1100. The number of carbonyl (C=O) groups excluding carboxylic acids is 1. The number of rotatable bonds is 4. The van der Waals surface area contributed by atoms with Gasteiger partial charge in [0.1, 0.15) is 6.61 Å². The average molecular weight is 458 g/mol. The van der Waals surface area contributed by atoms with Crippen LogP contribution < -0.4 is 10.6 Å². The van der Waals surface area contributed by atoms with Crippen molar-refractivity contribution in [1.29, 1.82) is 0 Å². The molecule has 1 heterocycles. The smallest absolute Gasteiger partial charge is 0.290 e. The molecule has 1 amide bonds. The average Bonchev–Trinajstić information content (AvgIpc) is 3.23. The molecular formula is C29H35N3O2. The topological polar surface area (TPSA) is 62.7 Å². The van der Waals surface area contributed by atoms with Crippen molar-refractivity contribution in [2.75, 3.05) is 10.6 Å². The Balaban J connectivity index is 1.07. The largest absolute Gasteiger partial charge is 0.460 e. The zero-order valence-electron chi connectivity index (χ0n) is 20.1. The first kappa shape index (κ1) is 21.7. The molecule has 2 bridgehead atoms. The predicted octanol–water partition coefficient (Wildman–Crippen LogP) is 6.46. The van der Waals surface area contributed by atoms with Gasteiger partial charge in [0.2, 0.25) is 5.91 Å². The molecule has 178 valence electrons. The molecule has 2 unspecified atom stereocenters. The summed E-state index contributed by atoms with van der Waals surface area (Å²) in [7, 11) is 0. The molecule has 0 radical (unpaired) electrons. The van der Waals surface area contributed by atoms with E-state index in [2.05, 4.69) is 41.8 Å². The van der Waals surface area contributed by atoms with Crippen LogP contribution in [0.5, 0.6) is 0 Å². The fourth-order valence-electron chi connectivity index (χ4n) is 6.90. The van der Waals surface area contributed by atoms with Crippen molar-refractivity contribution in [3.05, 3.63) is 59.2 Å². The van der Waals surface area contributed by atoms with Crippen LogP contribution >= 0.6 is 0 Å². The van der Waals surface area contributed by atoms with E-state index >= 15 is 0 Å². The molecule has 5 nitrogen and oxygen atoms in total. The zero-order chi connectivity index (χ0) is 23.1. The van der Waals surface area contributed by atoms with Crippen molar-refractivity contribution in [3.63, 3.8) is 0 Å². The molecule has 34 heavy (non-hydrogen) atoms. The highest BCUT2D eigenvalue weighted by Crippen LogP contribution is 2.47. The Morgan fingerprint density at radius 1 is 1.09 bits per heavy atom. The first-order chi connectivity index (χ1) is 16.6. The van der Waals surface area contributed by atoms with E-state index in [-0.39, 0.29) is 11.9 Å². The van der Waals surface area contributed by atoms with Gasteiger partial charge in [0.15, 0.2) is 0 Å². The van der Waals surface area contributed by atoms with Crippen molar-refractivity contribution >= 4 is 23.3 Å². The van der Waals surface area contributed by atoms with Crippen LogP contribution in [0.2, 0.25) is 0 Å². The molecule has 2 saturated carbocycles. The van der Waals surface area contributed by atoms with E-state index in [1.54, 1.807) is 0 Å². The summed E-state index contributed by atoms with van der Waals surface area (Å²) in [6.45, 7) is 2.89. The summed E-state index contributed by atoms with van der Waals surface area (Å²) in [5.41, 5.74) is 5.59. The number of nitrogens with zero attached hydrogens (tertiary/aromatic N) is 1. The van der Waals surface area contributed by atoms with Crippen molar-refractivity contribution in [2.24, 2.45) is 28.7 Å².